The van der Waals surface area contributed by atoms with Crippen molar-refractivity contribution in [2.24, 2.45) is 0 Å². The third kappa shape index (κ3) is 5.79. The average Bonchev–Trinajstić information content (AvgIpc) is 3.34. The maximum Gasteiger partial charge on any atom is 0.191 e. The second-order valence-electron chi connectivity index (χ2n) is 7.43. The number of hydrogen-bond donors (Lipinski definition) is 1. The van der Waals surface area contributed by atoms with E-state index >= 15 is 0 Å². The second kappa shape index (κ2) is 10.5. The molecule has 0 saturated heterocycles. The molecular weight excluding hydrogens is 434 g/mol. The van der Waals surface area contributed by atoms with Crippen molar-refractivity contribution in [3.05, 3.63) is 52.0 Å². The summed E-state index contributed by atoms with van der Waals surface area (Å²) in [7, 11) is 3.22. The van der Waals surface area contributed by atoms with Gasteiger partial charge in [-0.05, 0) is 42.0 Å². The lowest BCUT2D eigenvalue weighted by Crippen LogP contribution is -2.18. The highest BCUT2D eigenvalue weighted by molar-refractivity contribution is 7.99. The highest BCUT2D eigenvalue weighted by Crippen LogP contribution is 2.39. The van der Waals surface area contributed by atoms with Gasteiger partial charge in [0.25, 0.3) is 0 Å². The third-order valence-corrected chi connectivity index (χ3v) is 6.96. The van der Waals surface area contributed by atoms with Crippen LogP contribution < -0.4 is 9.47 Å². The molecule has 0 radical (unpaired) electrons. The molecule has 0 amide bonds. The maximum atomic E-state index is 10.4. The van der Waals surface area contributed by atoms with Crippen LogP contribution in [0.3, 0.4) is 0 Å². The molecule has 4 rings (SSSR count). The number of benzene rings is 1. The monoisotopic (exact) mass is 461 g/mol. The molecule has 9 heteroatoms. The Hall–Kier alpha value is -2.07. The van der Waals surface area contributed by atoms with Gasteiger partial charge in [0, 0.05) is 23.1 Å². The minimum Gasteiger partial charge on any atom is -0.493 e. The van der Waals surface area contributed by atoms with E-state index in [1.165, 1.54) is 17.7 Å². The second-order valence-corrected chi connectivity index (χ2v) is 9.44. The van der Waals surface area contributed by atoms with Crippen molar-refractivity contribution in [2.45, 2.75) is 43.2 Å². The van der Waals surface area contributed by atoms with E-state index < -0.39 is 6.10 Å². The molecule has 31 heavy (non-hydrogen) atoms. The van der Waals surface area contributed by atoms with E-state index in [9.17, 15) is 5.11 Å². The number of methoxy groups -OCH3 is 2. The molecule has 1 N–H and O–H groups in total. The van der Waals surface area contributed by atoms with Gasteiger partial charge >= 0.3 is 0 Å². The summed E-state index contributed by atoms with van der Waals surface area (Å²) < 4.78 is 18.5. The summed E-state index contributed by atoms with van der Waals surface area (Å²) in [5.41, 5.74) is 0.962. The molecule has 2 heterocycles. The normalized spacial score (nSPS) is 14.5. The number of rotatable bonds is 12. The molecule has 1 atom stereocenters. The van der Waals surface area contributed by atoms with Crippen molar-refractivity contribution in [1.82, 2.24) is 14.8 Å². The fraction of sp³-hybridized carbons (Fsp3) is 0.455. The van der Waals surface area contributed by atoms with Crippen LogP contribution in [0.25, 0.3) is 0 Å². The van der Waals surface area contributed by atoms with Crippen LogP contribution in [0.2, 0.25) is 0 Å². The Morgan fingerprint density at radius 2 is 2.03 bits per heavy atom. The quantitative estimate of drug-likeness (QED) is 0.409. The standard InChI is InChI=1S/C22H27N3O4S2/c1-27-19-8-5-15(10-20(19)28-2)12-29-13-17(26)14-31-22-24-23-21(25(22)16-6-7-16)11-18-4-3-9-30-18/h3-5,8-10,16-17,26H,6-7,11-14H2,1-2H3. The number of nitrogens with zero attached hydrogens (tertiary/aromatic N) is 3. The van der Waals surface area contributed by atoms with Crippen LogP contribution in [-0.2, 0) is 17.8 Å². The Kier molecular flexibility index (Phi) is 7.49. The van der Waals surface area contributed by atoms with Crippen molar-refractivity contribution in [1.29, 1.82) is 0 Å². The average molecular weight is 462 g/mol. The van der Waals surface area contributed by atoms with Crippen molar-refractivity contribution in [3.63, 3.8) is 0 Å². The first kappa shape index (κ1) is 22.1. The summed E-state index contributed by atoms with van der Waals surface area (Å²) in [5, 5.41) is 22.2. The van der Waals surface area contributed by atoms with E-state index in [2.05, 4.69) is 32.3 Å². The first-order chi connectivity index (χ1) is 15.2. The van der Waals surface area contributed by atoms with Gasteiger partial charge in [-0.25, -0.2) is 0 Å². The molecule has 0 bridgehead atoms. The predicted octanol–water partition coefficient (Wildman–Crippen LogP) is 3.95. The van der Waals surface area contributed by atoms with Crippen LogP contribution >= 0.6 is 23.1 Å². The lowest BCUT2D eigenvalue weighted by atomic mass is 10.2. The molecule has 166 valence electrons. The van der Waals surface area contributed by atoms with Crippen LogP contribution in [0, 0.1) is 0 Å². The Morgan fingerprint density at radius 1 is 1.19 bits per heavy atom. The lowest BCUT2D eigenvalue weighted by Gasteiger charge is -2.13. The fourth-order valence-electron chi connectivity index (χ4n) is 3.30. The summed E-state index contributed by atoms with van der Waals surface area (Å²) in [5.74, 6) is 2.86. The van der Waals surface area contributed by atoms with Crippen molar-refractivity contribution in [3.8, 4) is 11.5 Å². The molecule has 2 aromatic heterocycles. The van der Waals surface area contributed by atoms with E-state index in [1.807, 2.05) is 18.2 Å². The Morgan fingerprint density at radius 3 is 2.74 bits per heavy atom. The zero-order chi connectivity index (χ0) is 21.6. The van der Waals surface area contributed by atoms with Crippen LogP contribution in [-0.4, -0.2) is 52.6 Å². The van der Waals surface area contributed by atoms with Gasteiger partial charge in [0.05, 0.1) is 33.5 Å². The number of aliphatic hydroxyl groups excluding tert-OH is 1. The number of aromatic nitrogens is 3. The minimum absolute atomic E-state index is 0.251. The molecule has 0 aliphatic heterocycles. The first-order valence-electron chi connectivity index (χ1n) is 10.2. The highest BCUT2D eigenvalue weighted by atomic mass is 32.2. The molecule has 1 aromatic carbocycles. The van der Waals surface area contributed by atoms with Gasteiger partial charge < -0.3 is 23.9 Å². The number of thiophene rings is 1. The number of ether oxygens (including phenoxy) is 3. The summed E-state index contributed by atoms with van der Waals surface area (Å²) >= 11 is 3.28. The molecular formula is C22H27N3O4S2. The van der Waals surface area contributed by atoms with E-state index in [-0.39, 0.29) is 6.61 Å². The van der Waals surface area contributed by atoms with Crippen LogP contribution in [0.15, 0.2) is 40.9 Å². The summed E-state index contributed by atoms with van der Waals surface area (Å²) in [4.78, 5) is 1.29. The largest absolute Gasteiger partial charge is 0.493 e. The predicted molar refractivity (Wildman–Crippen MR) is 121 cm³/mol. The van der Waals surface area contributed by atoms with Gasteiger partial charge in [-0.3, -0.25) is 0 Å². The highest BCUT2D eigenvalue weighted by Gasteiger charge is 2.30. The first-order valence-corrected chi connectivity index (χ1v) is 12.1. The Bertz CT molecular complexity index is 973. The van der Waals surface area contributed by atoms with Crippen LogP contribution in [0.1, 0.15) is 35.1 Å². The third-order valence-electron chi connectivity index (χ3n) is 4.99. The van der Waals surface area contributed by atoms with Gasteiger partial charge in [0.1, 0.15) is 5.82 Å². The Balaban J connectivity index is 1.27. The van der Waals surface area contributed by atoms with Gasteiger partial charge in [0.15, 0.2) is 16.7 Å². The molecule has 1 fully saturated rings. The smallest absolute Gasteiger partial charge is 0.191 e. The number of thioether (sulfide) groups is 1. The van der Waals surface area contributed by atoms with Crippen LogP contribution in [0.4, 0.5) is 0 Å². The maximum absolute atomic E-state index is 10.4. The van der Waals surface area contributed by atoms with Gasteiger partial charge in [-0.1, -0.05) is 23.9 Å². The van der Waals surface area contributed by atoms with Crippen LogP contribution in [0.5, 0.6) is 11.5 Å². The van der Waals surface area contributed by atoms with E-state index in [1.54, 1.807) is 37.3 Å². The summed E-state index contributed by atoms with van der Waals surface area (Å²) in [6.07, 6.45) is 2.55. The molecule has 7 nitrogen and oxygen atoms in total. The van der Waals surface area contributed by atoms with Crippen molar-refractivity contribution < 1.29 is 19.3 Å². The fourth-order valence-corrected chi connectivity index (χ4v) is 4.93. The van der Waals surface area contributed by atoms with E-state index in [0.29, 0.717) is 29.9 Å². The van der Waals surface area contributed by atoms with Gasteiger partial charge in [-0.2, -0.15) is 0 Å². The van der Waals surface area contributed by atoms with Gasteiger partial charge in [0.2, 0.25) is 0 Å². The topological polar surface area (TPSA) is 78.6 Å². The molecule has 1 aliphatic rings. The zero-order valence-electron chi connectivity index (χ0n) is 17.7. The lowest BCUT2D eigenvalue weighted by molar-refractivity contribution is 0.0397. The molecule has 1 saturated carbocycles. The molecule has 3 aromatic rings. The van der Waals surface area contributed by atoms with E-state index in [0.717, 1.165) is 23.0 Å². The summed E-state index contributed by atoms with van der Waals surface area (Å²) in [6.45, 7) is 0.645. The summed E-state index contributed by atoms with van der Waals surface area (Å²) in [6, 6.07) is 10.3. The number of hydrogen-bond acceptors (Lipinski definition) is 8. The van der Waals surface area contributed by atoms with E-state index in [4.69, 9.17) is 14.2 Å². The van der Waals surface area contributed by atoms with Gasteiger partial charge in [-0.15, -0.1) is 21.5 Å². The van der Waals surface area contributed by atoms with Crippen molar-refractivity contribution >= 4 is 23.1 Å². The minimum atomic E-state index is -0.588. The molecule has 0 spiro atoms. The number of aliphatic hydroxyl groups is 1. The SMILES string of the molecule is COc1ccc(COCC(O)CSc2nnc(Cc3cccs3)n2C2CC2)cc1OC. The molecule has 1 unspecified atom stereocenters. The molecule has 1 aliphatic carbocycles. The zero-order valence-corrected chi connectivity index (χ0v) is 19.3. The Labute approximate surface area is 190 Å². The van der Waals surface area contributed by atoms with Crippen molar-refractivity contribution in [2.75, 3.05) is 26.6 Å².